The van der Waals surface area contributed by atoms with Crippen LogP contribution in [0.5, 0.6) is 0 Å². The van der Waals surface area contributed by atoms with Gasteiger partial charge < -0.3 is 10.6 Å². The molecule has 1 rings (SSSR count). The summed E-state index contributed by atoms with van der Waals surface area (Å²) in [6.45, 7) is 4.14. The van der Waals surface area contributed by atoms with E-state index >= 15 is 0 Å². The molecule has 0 unspecified atom stereocenters. The van der Waals surface area contributed by atoms with Gasteiger partial charge in [0.2, 0.25) is 5.91 Å². The third-order valence-corrected chi connectivity index (χ3v) is 3.59. The van der Waals surface area contributed by atoms with E-state index in [0.717, 1.165) is 58.0 Å². The fourth-order valence-corrected chi connectivity index (χ4v) is 2.30. The van der Waals surface area contributed by atoms with Gasteiger partial charge in [-0.25, -0.2) is 0 Å². The summed E-state index contributed by atoms with van der Waals surface area (Å²) in [5.41, 5.74) is 5.42. The van der Waals surface area contributed by atoms with Gasteiger partial charge in [0.1, 0.15) is 5.78 Å². The summed E-state index contributed by atoms with van der Waals surface area (Å²) in [5.74, 6) is 1.01. The quantitative estimate of drug-likeness (QED) is 0.584. The van der Waals surface area contributed by atoms with E-state index in [1.807, 2.05) is 4.90 Å². The maximum Gasteiger partial charge on any atom is 0.223 e. The van der Waals surface area contributed by atoms with Gasteiger partial charge in [-0.2, -0.15) is 0 Å². The summed E-state index contributed by atoms with van der Waals surface area (Å²) in [5, 5.41) is 0. The maximum absolute atomic E-state index is 11.8. The normalized spacial score (nSPS) is 14.4. The predicted octanol–water partition coefficient (Wildman–Crippen LogP) is 2.11. The Morgan fingerprint density at radius 2 is 1.84 bits per heavy atom. The van der Waals surface area contributed by atoms with E-state index in [9.17, 15) is 9.59 Å². The summed E-state index contributed by atoms with van der Waals surface area (Å²) in [6.07, 6.45) is 7.38. The van der Waals surface area contributed by atoms with Crippen molar-refractivity contribution in [3.63, 3.8) is 0 Å². The summed E-state index contributed by atoms with van der Waals surface area (Å²) in [7, 11) is 0. The molecule has 0 saturated heterocycles. The second kappa shape index (κ2) is 9.08. The van der Waals surface area contributed by atoms with Crippen molar-refractivity contribution in [3.05, 3.63) is 0 Å². The lowest BCUT2D eigenvalue weighted by Crippen LogP contribution is -2.33. The van der Waals surface area contributed by atoms with Crippen LogP contribution in [-0.4, -0.2) is 36.2 Å². The second-order valence-corrected chi connectivity index (χ2v) is 5.47. The molecular weight excluding hydrogens is 240 g/mol. The molecule has 0 bridgehead atoms. The zero-order chi connectivity index (χ0) is 14.1. The molecule has 4 nitrogen and oxygen atoms in total. The molecule has 110 valence electrons. The highest BCUT2D eigenvalue weighted by atomic mass is 16.2. The second-order valence-electron chi connectivity index (χ2n) is 5.47. The monoisotopic (exact) mass is 268 g/mol. The molecule has 1 saturated carbocycles. The molecule has 0 aliphatic heterocycles. The van der Waals surface area contributed by atoms with Crippen LogP contribution in [0.25, 0.3) is 0 Å². The number of nitrogens with two attached hydrogens (primary N) is 1. The van der Waals surface area contributed by atoms with Gasteiger partial charge >= 0.3 is 0 Å². The van der Waals surface area contributed by atoms with Crippen LogP contribution in [0.3, 0.4) is 0 Å². The van der Waals surface area contributed by atoms with Crippen molar-refractivity contribution in [1.29, 1.82) is 0 Å². The highest BCUT2D eigenvalue weighted by molar-refractivity contribution is 5.83. The Balaban J connectivity index is 2.09. The predicted molar refractivity (Wildman–Crippen MR) is 76.7 cm³/mol. The minimum Gasteiger partial charge on any atom is -0.343 e. The third-order valence-electron chi connectivity index (χ3n) is 3.59. The Morgan fingerprint density at radius 3 is 2.42 bits per heavy atom. The Kier molecular flexibility index (Phi) is 7.72. The van der Waals surface area contributed by atoms with E-state index in [4.69, 9.17) is 5.73 Å². The van der Waals surface area contributed by atoms with Crippen LogP contribution in [0, 0.1) is 5.92 Å². The number of ketones is 1. The van der Waals surface area contributed by atoms with Crippen molar-refractivity contribution in [2.45, 2.75) is 58.3 Å². The van der Waals surface area contributed by atoms with Crippen molar-refractivity contribution in [2.24, 2.45) is 11.7 Å². The highest BCUT2D eigenvalue weighted by Gasteiger charge is 2.28. The van der Waals surface area contributed by atoms with Gasteiger partial charge in [0, 0.05) is 38.4 Å². The van der Waals surface area contributed by atoms with Gasteiger partial charge in [-0.05, 0) is 32.1 Å². The summed E-state index contributed by atoms with van der Waals surface area (Å²) in [6, 6.07) is 0. The van der Waals surface area contributed by atoms with Crippen LogP contribution in [-0.2, 0) is 9.59 Å². The van der Waals surface area contributed by atoms with Crippen LogP contribution in [0.2, 0.25) is 0 Å². The van der Waals surface area contributed by atoms with Crippen molar-refractivity contribution < 1.29 is 9.59 Å². The first-order chi connectivity index (χ1) is 9.19. The number of rotatable bonds is 11. The zero-order valence-electron chi connectivity index (χ0n) is 12.2. The lowest BCUT2D eigenvalue weighted by atomic mass is 10.1. The number of carbonyl (C=O) groups excluding carboxylic acids is 2. The molecule has 4 heteroatoms. The number of Topliss-reactive ketones (excluding diaryl/α,β-unsaturated/α-hetero) is 1. The van der Waals surface area contributed by atoms with Gasteiger partial charge in [-0.15, -0.1) is 0 Å². The number of carbonyl (C=O) groups is 2. The minimum atomic E-state index is 0.165. The molecule has 0 aromatic rings. The van der Waals surface area contributed by atoms with E-state index in [-0.39, 0.29) is 5.91 Å². The van der Waals surface area contributed by atoms with Crippen molar-refractivity contribution in [2.75, 3.05) is 19.6 Å². The molecule has 0 aromatic carbocycles. The number of hydrogen-bond donors (Lipinski definition) is 1. The molecule has 1 aliphatic rings. The maximum atomic E-state index is 11.8. The first-order valence-electron chi connectivity index (χ1n) is 7.69. The van der Waals surface area contributed by atoms with Crippen molar-refractivity contribution in [1.82, 2.24) is 4.90 Å². The van der Waals surface area contributed by atoms with E-state index in [2.05, 4.69) is 6.92 Å². The van der Waals surface area contributed by atoms with Crippen molar-refractivity contribution >= 4 is 11.7 Å². The van der Waals surface area contributed by atoms with E-state index < -0.39 is 0 Å². The molecule has 0 aromatic heterocycles. The smallest absolute Gasteiger partial charge is 0.223 e. The lowest BCUT2D eigenvalue weighted by molar-refractivity contribution is -0.131. The summed E-state index contributed by atoms with van der Waals surface area (Å²) < 4.78 is 0. The van der Waals surface area contributed by atoms with Crippen LogP contribution in [0.15, 0.2) is 0 Å². The first-order valence-corrected chi connectivity index (χ1v) is 7.69. The van der Waals surface area contributed by atoms with E-state index in [1.165, 1.54) is 0 Å². The van der Waals surface area contributed by atoms with Gasteiger partial charge in [-0.3, -0.25) is 9.59 Å². The largest absolute Gasteiger partial charge is 0.343 e. The average Bonchev–Trinajstić information content (AvgIpc) is 3.21. The molecule has 1 amide bonds. The highest BCUT2D eigenvalue weighted by Crippen LogP contribution is 2.31. The van der Waals surface area contributed by atoms with Crippen LogP contribution in [0.1, 0.15) is 58.3 Å². The molecule has 0 heterocycles. The molecule has 1 aliphatic carbocycles. The third kappa shape index (κ3) is 6.71. The topological polar surface area (TPSA) is 63.4 Å². The summed E-state index contributed by atoms with van der Waals surface area (Å²) >= 11 is 0. The van der Waals surface area contributed by atoms with Crippen LogP contribution in [0.4, 0.5) is 0 Å². The lowest BCUT2D eigenvalue weighted by Gasteiger charge is -2.21. The molecule has 0 atom stereocenters. The zero-order valence-corrected chi connectivity index (χ0v) is 12.2. The Labute approximate surface area is 116 Å². The minimum absolute atomic E-state index is 0.165. The molecule has 19 heavy (non-hydrogen) atoms. The standard InChI is InChI=1S/C15H28N2O2/c1-2-11-17(15(19)9-10-16)12-5-3-4-6-14(18)13-7-8-13/h13H,2-12,16H2,1H3. The fourth-order valence-electron chi connectivity index (χ4n) is 2.30. The first kappa shape index (κ1) is 16.2. The Morgan fingerprint density at radius 1 is 1.11 bits per heavy atom. The fraction of sp³-hybridized carbons (Fsp3) is 0.867. The average molecular weight is 268 g/mol. The number of unbranched alkanes of at least 4 members (excludes halogenated alkanes) is 2. The summed E-state index contributed by atoms with van der Waals surface area (Å²) in [4.78, 5) is 25.2. The Hall–Kier alpha value is -0.900. The van der Waals surface area contributed by atoms with Crippen LogP contribution >= 0.6 is 0 Å². The molecule has 1 fully saturated rings. The SMILES string of the molecule is CCCN(CCCCCC(=O)C1CC1)C(=O)CCN. The van der Waals surface area contributed by atoms with Gasteiger partial charge in [0.05, 0.1) is 0 Å². The van der Waals surface area contributed by atoms with Gasteiger partial charge in [0.15, 0.2) is 0 Å². The Bertz CT molecular complexity index is 288. The van der Waals surface area contributed by atoms with Gasteiger partial charge in [-0.1, -0.05) is 13.3 Å². The van der Waals surface area contributed by atoms with E-state index in [1.54, 1.807) is 0 Å². The van der Waals surface area contributed by atoms with E-state index in [0.29, 0.717) is 24.7 Å². The molecular formula is C15H28N2O2. The molecule has 0 radical (unpaired) electrons. The number of amides is 1. The van der Waals surface area contributed by atoms with Crippen LogP contribution < -0.4 is 5.73 Å². The number of nitrogens with zero attached hydrogens (tertiary/aromatic N) is 1. The molecule has 2 N–H and O–H groups in total. The van der Waals surface area contributed by atoms with Gasteiger partial charge in [0.25, 0.3) is 0 Å². The van der Waals surface area contributed by atoms with Crippen molar-refractivity contribution in [3.8, 4) is 0 Å². The molecule has 0 spiro atoms. The number of hydrogen-bond acceptors (Lipinski definition) is 3.